The van der Waals surface area contributed by atoms with Gasteiger partial charge in [-0.2, -0.15) is 0 Å². The molecule has 22 heavy (non-hydrogen) atoms. The average molecular weight is 314 g/mol. The third kappa shape index (κ3) is 2.48. The van der Waals surface area contributed by atoms with Gasteiger partial charge in [-0.25, -0.2) is 0 Å². The zero-order valence-corrected chi connectivity index (χ0v) is 12.9. The zero-order chi connectivity index (χ0) is 15.9. The molecule has 0 unspecified atom stereocenters. The Morgan fingerprint density at radius 2 is 1.91 bits per heavy atom. The van der Waals surface area contributed by atoms with Crippen molar-refractivity contribution < 1.29 is 9.90 Å². The quantitative estimate of drug-likeness (QED) is 0.679. The maximum Gasteiger partial charge on any atom is 0.265 e. The number of nitrogens with one attached hydrogen (secondary N) is 2. The molecule has 2 heterocycles. The van der Waals surface area contributed by atoms with E-state index in [9.17, 15) is 14.7 Å². The SMILES string of the molecule is Cc1cc(C)cc(NC(=O)c2c(O)c3sccc3[nH]c2=O)c1. The van der Waals surface area contributed by atoms with Gasteiger partial charge < -0.3 is 15.4 Å². The molecule has 5 nitrogen and oxygen atoms in total. The van der Waals surface area contributed by atoms with E-state index in [0.29, 0.717) is 15.9 Å². The number of aryl methyl sites for hydroxylation is 2. The molecule has 1 amide bonds. The third-order valence-corrected chi connectivity index (χ3v) is 4.22. The number of amides is 1. The maximum atomic E-state index is 12.4. The minimum atomic E-state index is -0.626. The molecule has 6 heteroatoms. The molecule has 0 spiro atoms. The van der Waals surface area contributed by atoms with Crippen LogP contribution in [0.25, 0.3) is 10.2 Å². The lowest BCUT2D eigenvalue weighted by Crippen LogP contribution is -2.23. The van der Waals surface area contributed by atoms with E-state index in [1.807, 2.05) is 19.9 Å². The molecule has 0 aliphatic carbocycles. The van der Waals surface area contributed by atoms with Crippen LogP contribution in [0.2, 0.25) is 0 Å². The van der Waals surface area contributed by atoms with Crippen molar-refractivity contribution in [3.05, 3.63) is 56.7 Å². The number of aromatic nitrogens is 1. The number of fused-ring (bicyclic) bond motifs is 1. The molecule has 0 radical (unpaired) electrons. The number of aromatic hydroxyl groups is 1. The largest absolute Gasteiger partial charge is 0.505 e. The maximum absolute atomic E-state index is 12.4. The first-order valence-electron chi connectivity index (χ1n) is 6.68. The predicted molar refractivity (Wildman–Crippen MR) is 88.0 cm³/mol. The molecule has 3 aromatic rings. The average Bonchev–Trinajstić information content (AvgIpc) is 2.85. The standard InChI is InChI=1S/C16H14N2O3S/c1-8-5-9(2)7-10(6-8)17-15(20)12-13(19)14-11(3-4-22-14)18-16(12)21/h3-7H,1-2H3,(H,17,20)(H2,18,19,21). The number of pyridine rings is 1. The second-order valence-corrected chi connectivity index (χ2v) is 6.09. The Kier molecular flexibility index (Phi) is 3.46. The summed E-state index contributed by atoms with van der Waals surface area (Å²) in [5, 5.41) is 14.6. The highest BCUT2D eigenvalue weighted by atomic mass is 32.1. The van der Waals surface area contributed by atoms with E-state index in [0.717, 1.165) is 11.1 Å². The van der Waals surface area contributed by atoms with Crippen LogP contribution in [0.4, 0.5) is 5.69 Å². The van der Waals surface area contributed by atoms with E-state index in [1.54, 1.807) is 23.6 Å². The molecule has 0 fully saturated rings. The van der Waals surface area contributed by atoms with Crippen molar-refractivity contribution >= 4 is 33.1 Å². The van der Waals surface area contributed by atoms with Crippen LogP contribution in [0.1, 0.15) is 21.5 Å². The fraction of sp³-hybridized carbons (Fsp3) is 0.125. The van der Waals surface area contributed by atoms with Crippen molar-refractivity contribution in [3.8, 4) is 5.75 Å². The fourth-order valence-electron chi connectivity index (χ4n) is 2.45. The summed E-state index contributed by atoms with van der Waals surface area (Å²) in [6.45, 7) is 3.84. The van der Waals surface area contributed by atoms with Crippen LogP contribution in [0.15, 0.2) is 34.4 Å². The lowest BCUT2D eigenvalue weighted by atomic mass is 10.1. The molecule has 3 rings (SSSR count). The van der Waals surface area contributed by atoms with Gasteiger partial charge in [0.15, 0.2) is 5.75 Å². The number of hydrogen-bond donors (Lipinski definition) is 3. The van der Waals surface area contributed by atoms with Crippen molar-refractivity contribution in [1.82, 2.24) is 4.98 Å². The van der Waals surface area contributed by atoms with Crippen LogP contribution in [0.3, 0.4) is 0 Å². The van der Waals surface area contributed by atoms with Gasteiger partial charge >= 0.3 is 0 Å². The fourth-order valence-corrected chi connectivity index (χ4v) is 3.25. The van der Waals surface area contributed by atoms with E-state index in [1.165, 1.54) is 11.3 Å². The van der Waals surface area contributed by atoms with E-state index < -0.39 is 11.5 Å². The van der Waals surface area contributed by atoms with Gasteiger partial charge in [-0.05, 0) is 48.6 Å². The summed E-state index contributed by atoms with van der Waals surface area (Å²) in [6.07, 6.45) is 0. The highest BCUT2D eigenvalue weighted by molar-refractivity contribution is 7.17. The molecule has 112 valence electrons. The van der Waals surface area contributed by atoms with Gasteiger partial charge in [0.1, 0.15) is 5.56 Å². The van der Waals surface area contributed by atoms with Gasteiger partial charge in [-0.3, -0.25) is 9.59 Å². The van der Waals surface area contributed by atoms with Crippen molar-refractivity contribution in [1.29, 1.82) is 0 Å². The number of benzene rings is 1. The molecule has 1 aromatic carbocycles. The van der Waals surface area contributed by atoms with Crippen LogP contribution in [-0.4, -0.2) is 16.0 Å². The molecule has 0 aliphatic heterocycles. The van der Waals surface area contributed by atoms with E-state index in [2.05, 4.69) is 10.3 Å². The monoisotopic (exact) mass is 314 g/mol. The summed E-state index contributed by atoms with van der Waals surface area (Å²) in [5.41, 5.74) is 2.24. The van der Waals surface area contributed by atoms with Crippen molar-refractivity contribution in [3.63, 3.8) is 0 Å². The first kappa shape index (κ1) is 14.3. The first-order valence-corrected chi connectivity index (χ1v) is 7.56. The lowest BCUT2D eigenvalue weighted by Gasteiger charge is -2.08. The lowest BCUT2D eigenvalue weighted by molar-refractivity contribution is 0.102. The summed E-state index contributed by atoms with van der Waals surface area (Å²) >= 11 is 1.27. The van der Waals surface area contributed by atoms with E-state index in [4.69, 9.17) is 0 Å². The van der Waals surface area contributed by atoms with Crippen LogP contribution in [0, 0.1) is 13.8 Å². The normalized spacial score (nSPS) is 10.8. The number of hydrogen-bond acceptors (Lipinski definition) is 4. The van der Waals surface area contributed by atoms with Crippen molar-refractivity contribution in [2.45, 2.75) is 13.8 Å². The molecule has 0 bridgehead atoms. The van der Waals surface area contributed by atoms with Crippen LogP contribution >= 0.6 is 11.3 Å². The number of thiophene rings is 1. The van der Waals surface area contributed by atoms with E-state index in [-0.39, 0.29) is 11.3 Å². The highest BCUT2D eigenvalue weighted by Gasteiger charge is 2.20. The zero-order valence-electron chi connectivity index (χ0n) is 12.1. The summed E-state index contributed by atoms with van der Waals surface area (Å²) in [5.74, 6) is -0.908. The Bertz CT molecular complexity index is 920. The first-order chi connectivity index (χ1) is 10.5. The summed E-state index contributed by atoms with van der Waals surface area (Å²) < 4.78 is 0.491. The third-order valence-electron chi connectivity index (χ3n) is 3.30. The Balaban J connectivity index is 2.03. The predicted octanol–water partition coefficient (Wildman–Crippen LogP) is 3.16. The Labute approximate surface area is 130 Å². The smallest absolute Gasteiger partial charge is 0.265 e. The molecule has 0 atom stereocenters. The van der Waals surface area contributed by atoms with Crippen molar-refractivity contribution in [2.24, 2.45) is 0 Å². The topological polar surface area (TPSA) is 82.2 Å². The van der Waals surface area contributed by atoms with Crippen LogP contribution < -0.4 is 10.9 Å². The number of aromatic amines is 1. The molecule has 0 aliphatic rings. The minimum absolute atomic E-state index is 0.269. The van der Waals surface area contributed by atoms with Gasteiger partial charge in [0, 0.05) is 5.69 Å². The summed E-state index contributed by atoms with van der Waals surface area (Å²) in [6, 6.07) is 7.28. The number of H-pyrrole nitrogens is 1. The number of carbonyl (C=O) groups excluding carboxylic acids is 1. The Morgan fingerprint density at radius 1 is 1.23 bits per heavy atom. The van der Waals surface area contributed by atoms with Crippen LogP contribution in [-0.2, 0) is 0 Å². The van der Waals surface area contributed by atoms with Crippen LogP contribution in [0.5, 0.6) is 5.75 Å². The molecule has 0 saturated heterocycles. The van der Waals surface area contributed by atoms with Gasteiger partial charge in [-0.1, -0.05) is 6.07 Å². The van der Waals surface area contributed by atoms with Crippen molar-refractivity contribution in [2.75, 3.05) is 5.32 Å². The molecule has 0 saturated carbocycles. The number of anilines is 1. The van der Waals surface area contributed by atoms with Gasteiger partial charge in [-0.15, -0.1) is 11.3 Å². The molecular weight excluding hydrogens is 300 g/mol. The number of carbonyl (C=O) groups is 1. The van der Waals surface area contributed by atoms with E-state index >= 15 is 0 Å². The summed E-state index contributed by atoms with van der Waals surface area (Å²) in [7, 11) is 0. The highest BCUT2D eigenvalue weighted by Crippen LogP contribution is 2.29. The second-order valence-electron chi connectivity index (χ2n) is 5.17. The Morgan fingerprint density at radius 3 is 2.59 bits per heavy atom. The van der Waals surface area contributed by atoms with Gasteiger partial charge in [0.2, 0.25) is 0 Å². The summed E-state index contributed by atoms with van der Waals surface area (Å²) in [4.78, 5) is 27.0. The minimum Gasteiger partial charge on any atom is -0.505 e. The molecule has 2 aromatic heterocycles. The second kappa shape index (κ2) is 5.31. The molecular formula is C16H14N2O3S. The van der Waals surface area contributed by atoms with Gasteiger partial charge in [0.25, 0.3) is 11.5 Å². The Hall–Kier alpha value is -2.60. The van der Waals surface area contributed by atoms with Gasteiger partial charge in [0.05, 0.1) is 10.2 Å². The number of rotatable bonds is 2. The molecule has 3 N–H and O–H groups in total.